The number of carbonyl (C=O) groups excluding carboxylic acids is 1. The lowest BCUT2D eigenvalue weighted by molar-refractivity contribution is -0.109. The van der Waals surface area contributed by atoms with Crippen molar-refractivity contribution in [2.75, 3.05) is 5.75 Å². The average molecular weight is 276 g/mol. The fourth-order valence-electron chi connectivity index (χ4n) is 1.45. The number of thioether (sulfide) groups is 1. The molecule has 4 heteroatoms. The average Bonchev–Trinajstić information content (AvgIpc) is 2.34. The topological polar surface area (TPSA) is 30.0 Å². The zero-order chi connectivity index (χ0) is 13.0. The summed E-state index contributed by atoms with van der Waals surface area (Å²) in [6.45, 7) is 1.54. The van der Waals surface area contributed by atoms with Gasteiger partial charge >= 0.3 is 0 Å². The standard InChI is InChI=1S/C14H10ClNOS/c1-10(17)18-8-2-3-11-4-6-13-12(9-11)5-7-14(15)16-13/h4-7,9H,8H2,1H3. The van der Waals surface area contributed by atoms with Gasteiger partial charge in [-0.25, -0.2) is 4.98 Å². The van der Waals surface area contributed by atoms with Crippen LogP contribution in [-0.4, -0.2) is 15.9 Å². The number of halogens is 1. The van der Waals surface area contributed by atoms with Gasteiger partial charge in [0, 0.05) is 17.9 Å². The van der Waals surface area contributed by atoms with Crippen LogP contribution in [0.15, 0.2) is 30.3 Å². The first kappa shape index (κ1) is 12.9. The number of aromatic nitrogens is 1. The van der Waals surface area contributed by atoms with E-state index in [1.807, 2.05) is 24.3 Å². The van der Waals surface area contributed by atoms with Crippen molar-refractivity contribution >= 4 is 39.4 Å². The molecule has 2 rings (SSSR count). The number of nitrogens with zero attached hydrogens (tertiary/aromatic N) is 1. The number of pyridine rings is 1. The summed E-state index contributed by atoms with van der Waals surface area (Å²) in [6.07, 6.45) is 0. The summed E-state index contributed by atoms with van der Waals surface area (Å²) in [7, 11) is 0. The molecule has 90 valence electrons. The molecule has 18 heavy (non-hydrogen) atoms. The molecule has 0 spiro atoms. The quantitative estimate of drug-likeness (QED) is 0.589. The molecule has 0 saturated carbocycles. The molecule has 2 nitrogen and oxygen atoms in total. The van der Waals surface area contributed by atoms with Gasteiger partial charge in [-0.15, -0.1) is 0 Å². The molecule has 1 aromatic heterocycles. The fraction of sp³-hybridized carbons (Fsp3) is 0.143. The van der Waals surface area contributed by atoms with Crippen molar-refractivity contribution in [2.24, 2.45) is 0 Å². The maximum Gasteiger partial charge on any atom is 0.186 e. The van der Waals surface area contributed by atoms with Crippen molar-refractivity contribution in [3.63, 3.8) is 0 Å². The number of rotatable bonds is 1. The maximum absolute atomic E-state index is 10.7. The van der Waals surface area contributed by atoms with Crippen LogP contribution in [0.2, 0.25) is 5.15 Å². The highest BCUT2D eigenvalue weighted by Gasteiger charge is 1.97. The summed E-state index contributed by atoms with van der Waals surface area (Å²) in [4.78, 5) is 14.9. The van der Waals surface area contributed by atoms with Gasteiger partial charge < -0.3 is 0 Å². The van der Waals surface area contributed by atoms with E-state index in [2.05, 4.69) is 16.8 Å². The van der Waals surface area contributed by atoms with Gasteiger partial charge in [-0.3, -0.25) is 4.79 Å². The molecule has 0 N–H and O–H groups in total. The van der Waals surface area contributed by atoms with E-state index in [1.54, 1.807) is 6.07 Å². The molecule has 0 aliphatic rings. The molecule has 1 aromatic carbocycles. The summed E-state index contributed by atoms with van der Waals surface area (Å²) < 4.78 is 0. The van der Waals surface area contributed by atoms with Gasteiger partial charge in [0.1, 0.15) is 5.15 Å². The SMILES string of the molecule is CC(=O)SCC#Cc1ccc2nc(Cl)ccc2c1. The summed E-state index contributed by atoms with van der Waals surface area (Å²) >= 11 is 7.03. The van der Waals surface area contributed by atoms with Crippen molar-refractivity contribution in [1.29, 1.82) is 0 Å². The van der Waals surface area contributed by atoms with Gasteiger partial charge in [-0.2, -0.15) is 0 Å². The molecule has 1 heterocycles. The highest BCUT2D eigenvalue weighted by atomic mass is 35.5. The van der Waals surface area contributed by atoms with Crippen LogP contribution in [0.4, 0.5) is 0 Å². The first-order chi connectivity index (χ1) is 8.65. The van der Waals surface area contributed by atoms with Gasteiger partial charge in [0.05, 0.1) is 11.3 Å². The molecule has 0 unspecified atom stereocenters. The van der Waals surface area contributed by atoms with Crippen molar-refractivity contribution in [1.82, 2.24) is 4.98 Å². The second kappa shape index (κ2) is 5.90. The largest absolute Gasteiger partial charge is 0.288 e. The minimum absolute atomic E-state index is 0.0849. The van der Waals surface area contributed by atoms with Gasteiger partial charge in [0.2, 0.25) is 0 Å². The monoisotopic (exact) mass is 275 g/mol. The van der Waals surface area contributed by atoms with Gasteiger partial charge in [-0.1, -0.05) is 35.2 Å². The van der Waals surface area contributed by atoms with E-state index < -0.39 is 0 Å². The van der Waals surface area contributed by atoms with Crippen LogP contribution in [0.3, 0.4) is 0 Å². The third-order valence-electron chi connectivity index (χ3n) is 2.24. The predicted molar refractivity (Wildman–Crippen MR) is 76.8 cm³/mol. The smallest absolute Gasteiger partial charge is 0.186 e. The second-order valence-electron chi connectivity index (χ2n) is 3.62. The third kappa shape index (κ3) is 3.49. The molecule has 0 amide bonds. The van der Waals surface area contributed by atoms with E-state index >= 15 is 0 Å². The zero-order valence-electron chi connectivity index (χ0n) is 9.74. The van der Waals surface area contributed by atoms with Crippen LogP contribution in [0.25, 0.3) is 10.9 Å². The van der Waals surface area contributed by atoms with Crippen molar-refractivity contribution in [3.05, 3.63) is 41.0 Å². The molecule has 0 fully saturated rings. The summed E-state index contributed by atoms with van der Waals surface area (Å²) in [5.41, 5.74) is 1.77. The molecule has 0 aliphatic heterocycles. The van der Waals surface area contributed by atoms with E-state index in [0.717, 1.165) is 16.5 Å². The molecule has 0 saturated heterocycles. The van der Waals surface area contributed by atoms with Crippen LogP contribution in [0.5, 0.6) is 0 Å². The van der Waals surface area contributed by atoms with E-state index in [0.29, 0.717) is 10.9 Å². The van der Waals surface area contributed by atoms with Crippen LogP contribution >= 0.6 is 23.4 Å². The molecule has 0 radical (unpaired) electrons. The molecule has 2 aromatic rings. The van der Waals surface area contributed by atoms with Crippen molar-refractivity contribution in [2.45, 2.75) is 6.92 Å². The summed E-state index contributed by atoms with van der Waals surface area (Å²) in [6, 6.07) is 9.43. The Balaban J connectivity index is 2.20. The Labute approximate surface area is 115 Å². The van der Waals surface area contributed by atoms with Crippen molar-refractivity contribution < 1.29 is 4.79 Å². The number of fused-ring (bicyclic) bond motifs is 1. The minimum Gasteiger partial charge on any atom is -0.288 e. The fourth-order valence-corrected chi connectivity index (χ4v) is 1.96. The number of carbonyl (C=O) groups is 1. The Hall–Kier alpha value is -1.50. The molecule has 0 bridgehead atoms. The highest BCUT2D eigenvalue weighted by molar-refractivity contribution is 8.13. The molecular formula is C14H10ClNOS. The minimum atomic E-state index is 0.0849. The van der Waals surface area contributed by atoms with Crippen LogP contribution in [-0.2, 0) is 4.79 Å². The van der Waals surface area contributed by atoms with Gasteiger partial charge in [0.15, 0.2) is 5.12 Å². The summed E-state index contributed by atoms with van der Waals surface area (Å²) in [5, 5.41) is 1.58. The summed E-state index contributed by atoms with van der Waals surface area (Å²) in [5.74, 6) is 6.50. The second-order valence-corrected chi connectivity index (χ2v) is 5.16. The van der Waals surface area contributed by atoms with E-state index in [1.165, 1.54) is 18.7 Å². The Morgan fingerprint density at radius 2 is 2.22 bits per heavy atom. The third-order valence-corrected chi connectivity index (χ3v) is 3.14. The molecule has 0 aliphatic carbocycles. The zero-order valence-corrected chi connectivity index (χ0v) is 11.3. The number of benzene rings is 1. The normalized spacial score (nSPS) is 9.89. The van der Waals surface area contributed by atoms with Gasteiger partial charge in [0.25, 0.3) is 0 Å². The predicted octanol–water partition coefficient (Wildman–Crippen LogP) is 3.52. The lowest BCUT2D eigenvalue weighted by Crippen LogP contribution is -1.83. The van der Waals surface area contributed by atoms with Crippen LogP contribution < -0.4 is 0 Å². The Morgan fingerprint density at radius 3 is 3.00 bits per heavy atom. The number of hydrogen-bond donors (Lipinski definition) is 0. The van der Waals surface area contributed by atoms with E-state index in [9.17, 15) is 4.79 Å². The van der Waals surface area contributed by atoms with Crippen LogP contribution in [0.1, 0.15) is 12.5 Å². The molecular weight excluding hydrogens is 266 g/mol. The van der Waals surface area contributed by atoms with Crippen molar-refractivity contribution in [3.8, 4) is 11.8 Å². The first-order valence-corrected chi connectivity index (χ1v) is 6.70. The lowest BCUT2D eigenvalue weighted by Gasteiger charge is -1.98. The Kier molecular flexibility index (Phi) is 4.24. The Bertz CT molecular complexity index is 658. The van der Waals surface area contributed by atoms with E-state index in [4.69, 9.17) is 11.6 Å². The number of hydrogen-bond acceptors (Lipinski definition) is 3. The van der Waals surface area contributed by atoms with Gasteiger partial charge in [-0.05, 0) is 30.3 Å². The van der Waals surface area contributed by atoms with Crippen LogP contribution in [0, 0.1) is 11.8 Å². The molecule has 0 atom stereocenters. The first-order valence-electron chi connectivity index (χ1n) is 5.34. The lowest BCUT2D eigenvalue weighted by atomic mass is 10.1. The van der Waals surface area contributed by atoms with E-state index in [-0.39, 0.29) is 5.12 Å². The maximum atomic E-state index is 10.7. The highest BCUT2D eigenvalue weighted by Crippen LogP contribution is 2.16. The Morgan fingerprint density at radius 1 is 1.39 bits per heavy atom.